The van der Waals surface area contributed by atoms with Crippen molar-refractivity contribution in [2.45, 2.75) is 20.3 Å². The van der Waals surface area contributed by atoms with Gasteiger partial charge in [-0.15, -0.1) is 11.3 Å². The van der Waals surface area contributed by atoms with Crippen LogP contribution >= 0.6 is 11.3 Å². The van der Waals surface area contributed by atoms with Gasteiger partial charge in [0, 0.05) is 42.8 Å². The number of rotatable bonds is 6. The van der Waals surface area contributed by atoms with Gasteiger partial charge in [-0.3, -0.25) is 9.69 Å². The molecule has 0 aliphatic carbocycles. The van der Waals surface area contributed by atoms with E-state index in [9.17, 15) is 9.18 Å². The lowest BCUT2D eigenvalue weighted by Crippen LogP contribution is -2.48. The Hall–Kier alpha value is -2.77. The number of aryl methyl sites for hydroxylation is 2. The van der Waals surface area contributed by atoms with Crippen molar-refractivity contribution < 1.29 is 9.18 Å². The third-order valence-corrected chi connectivity index (χ3v) is 6.55. The smallest absolute Gasteiger partial charge is 0.238 e. The largest absolute Gasteiger partial charge is 0.346 e. The van der Waals surface area contributed by atoms with Gasteiger partial charge >= 0.3 is 0 Å². The number of hydrogen-bond donors (Lipinski definition) is 1. The topological polar surface area (TPSA) is 48.5 Å². The fraction of sp³-hybridized carbons (Fsp3) is 0.333. The minimum atomic E-state index is -0.243. The Morgan fingerprint density at radius 2 is 1.87 bits per heavy atom. The molecule has 0 unspecified atom stereocenters. The van der Waals surface area contributed by atoms with Crippen LogP contribution in [0.25, 0.3) is 11.3 Å². The predicted molar refractivity (Wildman–Crippen MR) is 125 cm³/mol. The number of carbonyl (C=O) groups is 1. The number of thiazole rings is 1. The first-order valence-electron chi connectivity index (χ1n) is 10.6. The van der Waals surface area contributed by atoms with Crippen LogP contribution in [0.5, 0.6) is 0 Å². The number of halogens is 1. The molecule has 1 amide bonds. The van der Waals surface area contributed by atoms with Gasteiger partial charge in [-0.1, -0.05) is 25.1 Å². The number of aromatic nitrogens is 1. The van der Waals surface area contributed by atoms with Crippen molar-refractivity contribution in [3.8, 4) is 11.3 Å². The molecular weight excluding hydrogens is 411 g/mol. The fourth-order valence-corrected chi connectivity index (χ4v) is 4.73. The standard InChI is InChI=1S/C24H27FN4OS/c1-3-18-6-4-5-17(2)23(18)27-22(30)15-28-11-13-29(14-12-28)24-26-21(16-31-24)19-7-9-20(25)10-8-19/h4-10,16H,3,11-15H2,1-2H3,(H,27,30). The van der Waals surface area contributed by atoms with Crippen LogP contribution in [0, 0.1) is 12.7 Å². The summed E-state index contributed by atoms with van der Waals surface area (Å²) in [6.07, 6.45) is 0.893. The molecule has 1 saturated heterocycles. The first-order valence-corrected chi connectivity index (χ1v) is 11.5. The summed E-state index contributed by atoms with van der Waals surface area (Å²) in [7, 11) is 0. The van der Waals surface area contributed by atoms with Gasteiger partial charge in [0.15, 0.2) is 5.13 Å². The summed E-state index contributed by atoms with van der Waals surface area (Å²) in [4.78, 5) is 21.8. The summed E-state index contributed by atoms with van der Waals surface area (Å²) in [5, 5.41) is 6.09. The van der Waals surface area contributed by atoms with Crippen LogP contribution in [0.15, 0.2) is 47.8 Å². The average Bonchev–Trinajstić information content (AvgIpc) is 3.26. The molecular formula is C24H27FN4OS. The summed E-state index contributed by atoms with van der Waals surface area (Å²) in [6, 6.07) is 12.5. The highest BCUT2D eigenvalue weighted by atomic mass is 32.1. The van der Waals surface area contributed by atoms with Crippen LogP contribution in [0.3, 0.4) is 0 Å². The van der Waals surface area contributed by atoms with E-state index in [1.165, 1.54) is 17.7 Å². The number of benzene rings is 2. The van der Waals surface area contributed by atoms with E-state index in [2.05, 4.69) is 28.1 Å². The van der Waals surface area contributed by atoms with Crippen molar-refractivity contribution in [1.29, 1.82) is 0 Å². The van der Waals surface area contributed by atoms with Gasteiger partial charge in [-0.25, -0.2) is 9.37 Å². The molecule has 0 bridgehead atoms. The van der Waals surface area contributed by atoms with Gasteiger partial charge in [-0.2, -0.15) is 0 Å². The van der Waals surface area contributed by atoms with Crippen LogP contribution in [-0.4, -0.2) is 48.5 Å². The van der Waals surface area contributed by atoms with Crippen molar-refractivity contribution >= 4 is 28.1 Å². The lowest BCUT2D eigenvalue weighted by molar-refractivity contribution is -0.117. The molecule has 2 aromatic carbocycles. The number of piperazine rings is 1. The van der Waals surface area contributed by atoms with Crippen molar-refractivity contribution in [2.24, 2.45) is 0 Å². The average molecular weight is 439 g/mol. The zero-order chi connectivity index (χ0) is 21.8. The van der Waals surface area contributed by atoms with Crippen molar-refractivity contribution in [3.63, 3.8) is 0 Å². The van der Waals surface area contributed by atoms with Crippen LogP contribution in [-0.2, 0) is 11.2 Å². The van der Waals surface area contributed by atoms with Crippen LogP contribution in [0.2, 0.25) is 0 Å². The Labute approximate surface area is 186 Å². The summed E-state index contributed by atoms with van der Waals surface area (Å²) in [5.41, 5.74) is 5.00. The van der Waals surface area contributed by atoms with E-state index in [1.54, 1.807) is 23.5 Å². The lowest BCUT2D eigenvalue weighted by atomic mass is 10.1. The monoisotopic (exact) mass is 438 g/mol. The lowest BCUT2D eigenvalue weighted by Gasteiger charge is -2.34. The zero-order valence-electron chi connectivity index (χ0n) is 17.9. The number of nitrogens with zero attached hydrogens (tertiary/aromatic N) is 3. The number of carbonyl (C=O) groups excluding carboxylic acids is 1. The molecule has 0 atom stereocenters. The van der Waals surface area contributed by atoms with Crippen LogP contribution in [0.1, 0.15) is 18.1 Å². The molecule has 3 aromatic rings. The molecule has 1 aromatic heterocycles. The molecule has 31 heavy (non-hydrogen) atoms. The Morgan fingerprint density at radius 3 is 2.58 bits per heavy atom. The first-order chi connectivity index (χ1) is 15.0. The molecule has 1 fully saturated rings. The van der Waals surface area contributed by atoms with Crippen LogP contribution < -0.4 is 10.2 Å². The Bertz CT molecular complexity index is 1040. The number of hydrogen-bond acceptors (Lipinski definition) is 5. The van der Waals surface area contributed by atoms with Gasteiger partial charge in [0.1, 0.15) is 5.82 Å². The molecule has 2 heterocycles. The second-order valence-electron chi connectivity index (χ2n) is 7.80. The van der Waals surface area contributed by atoms with E-state index in [4.69, 9.17) is 4.98 Å². The van der Waals surface area contributed by atoms with Gasteiger partial charge in [0.2, 0.25) is 5.91 Å². The highest BCUT2D eigenvalue weighted by Crippen LogP contribution is 2.28. The molecule has 0 radical (unpaired) electrons. The van der Waals surface area contributed by atoms with E-state index in [-0.39, 0.29) is 11.7 Å². The van der Waals surface area contributed by atoms with Gasteiger partial charge in [0.25, 0.3) is 0 Å². The van der Waals surface area contributed by atoms with Crippen molar-refractivity contribution in [1.82, 2.24) is 9.88 Å². The van der Waals surface area contributed by atoms with Gasteiger partial charge in [-0.05, 0) is 48.7 Å². The Balaban J connectivity index is 1.31. The third kappa shape index (κ3) is 5.11. The molecule has 7 heteroatoms. The minimum Gasteiger partial charge on any atom is -0.346 e. The van der Waals surface area contributed by atoms with E-state index in [0.29, 0.717) is 6.54 Å². The summed E-state index contributed by atoms with van der Waals surface area (Å²) < 4.78 is 13.1. The normalized spacial score (nSPS) is 14.6. The molecule has 1 aliphatic rings. The van der Waals surface area contributed by atoms with Gasteiger partial charge < -0.3 is 10.2 Å². The molecule has 5 nitrogen and oxygen atoms in total. The van der Waals surface area contributed by atoms with E-state index in [0.717, 1.165) is 60.2 Å². The van der Waals surface area contributed by atoms with Crippen molar-refractivity contribution in [3.05, 3.63) is 64.8 Å². The Morgan fingerprint density at radius 1 is 1.13 bits per heavy atom. The third-order valence-electron chi connectivity index (χ3n) is 5.65. The Kier molecular flexibility index (Phi) is 6.63. The van der Waals surface area contributed by atoms with E-state index < -0.39 is 0 Å². The van der Waals surface area contributed by atoms with Crippen LogP contribution in [0.4, 0.5) is 15.2 Å². The second kappa shape index (κ2) is 9.58. The molecule has 1 N–H and O–H groups in total. The number of para-hydroxylation sites is 1. The molecule has 0 spiro atoms. The number of amides is 1. The van der Waals surface area contributed by atoms with Gasteiger partial charge in [0.05, 0.1) is 12.2 Å². The maximum atomic E-state index is 13.1. The first kappa shape index (κ1) is 21.5. The molecule has 162 valence electrons. The fourth-order valence-electron chi connectivity index (χ4n) is 3.84. The minimum absolute atomic E-state index is 0.0327. The quantitative estimate of drug-likeness (QED) is 0.612. The summed E-state index contributed by atoms with van der Waals surface area (Å²) in [6.45, 7) is 7.80. The second-order valence-corrected chi connectivity index (χ2v) is 8.63. The maximum Gasteiger partial charge on any atom is 0.238 e. The van der Waals surface area contributed by atoms with E-state index in [1.807, 2.05) is 24.4 Å². The molecule has 4 rings (SSSR count). The summed E-state index contributed by atoms with van der Waals surface area (Å²) >= 11 is 1.60. The summed E-state index contributed by atoms with van der Waals surface area (Å²) in [5.74, 6) is -0.210. The molecule has 1 aliphatic heterocycles. The predicted octanol–water partition coefficient (Wildman–Crippen LogP) is 4.58. The SMILES string of the molecule is CCc1cccc(C)c1NC(=O)CN1CCN(c2nc(-c3ccc(F)cc3)cs2)CC1. The molecule has 0 saturated carbocycles. The number of anilines is 2. The van der Waals surface area contributed by atoms with Crippen molar-refractivity contribution in [2.75, 3.05) is 42.9 Å². The highest BCUT2D eigenvalue weighted by Gasteiger charge is 2.22. The highest BCUT2D eigenvalue weighted by molar-refractivity contribution is 7.14. The van der Waals surface area contributed by atoms with E-state index >= 15 is 0 Å². The maximum absolute atomic E-state index is 13.1. The number of nitrogens with one attached hydrogen (secondary N) is 1. The zero-order valence-corrected chi connectivity index (χ0v) is 18.7.